The second-order valence-electron chi connectivity index (χ2n) is 10.3. The molecule has 25 heavy (non-hydrogen) atoms. The smallest absolute Gasteiger partial charge is 0.138 e. The van der Waals surface area contributed by atoms with Crippen molar-refractivity contribution in [1.29, 1.82) is 0 Å². The van der Waals surface area contributed by atoms with Crippen molar-refractivity contribution >= 4 is 5.78 Å². The summed E-state index contributed by atoms with van der Waals surface area (Å²) in [6, 6.07) is 0. The van der Waals surface area contributed by atoms with Gasteiger partial charge in [0, 0.05) is 18.3 Å². The number of hydrogen-bond acceptors (Lipinski definition) is 3. The van der Waals surface area contributed by atoms with E-state index in [1.165, 1.54) is 44.9 Å². The first kappa shape index (κ1) is 16.5. The first-order chi connectivity index (χ1) is 11.9. The fraction of sp³-hybridized carbons (Fsp3) is 0.864. The van der Waals surface area contributed by atoms with E-state index in [9.17, 15) is 4.79 Å². The van der Waals surface area contributed by atoms with Gasteiger partial charge in [-0.05, 0) is 81.5 Å². The molecule has 4 atom stereocenters. The largest absolute Gasteiger partial charge is 0.299 e. The van der Waals surface area contributed by atoms with Crippen molar-refractivity contribution in [3.8, 4) is 0 Å². The van der Waals surface area contributed by atoms with Gasteiger partial charge in [-0.2, -0.15) is 0 Å². The third kappa shape index (κ3) is 2.73. The van der Waals surface area contributed by atoms with Gasteiger partial charge >= 0.3 is 0 Å². The van der Waals surface area contributed by atoms with Crippen LogP contribution in [-0.4, -0.2) is 17.5 Å². The summed E-state index contributed by atoms with van der Waals surface area (Å²) in [6.07, 6.45) is 16.2. The molecule has 0 aromatic carbocycles. The lowest BCUT2D eigenvalue weighted by molar-refractivity contribution is -0.415. The summed E-state index contributed by atoms with van der Waals surface area (Å²) in [7, 11) is 0. The van der Waals surface area contributed by atoms with Crippen LogP contribution >= 0.6 is 0 Å². The van der Waals surface area contributed by atoms with Crippen LogP contribution in [0.5, 0.6) is 0 Å². The second kappa shape index (κ2) is 5.66. The van der Waals surface area contributed by atoms with E-state index in [-0.39, 0.29) is 17.9 Å². The molecule has 6 aliphatic rings. The van der Waals surface area contributed by atoms with Crippen LogP contribution in [0.3, 0.4) is 0 Å². The van der Waals surface area contributed by atoms with Crippen LogP contribution in [0.15, 0.2) is 12.2 Å². The lowest BCUT2D eigenvalue weighted by Crippen LogP contribution is -2.52. The average molecular weight is 344 g/mol. The molecular weight excluding hydrogens is 312 g/mol. The summed E-state index contributed by atoms with van der Waals surface area (Å²) < 4.78 is 0. The Morgan fingerprint density at radius 2 is 1.72 bits per heavy atom. The standard InChI is InChI=1S/C22H32O3/c1-14-19(23)9-18-10-20(14)24-25-21(18,2)4-3-5-22-11-15-6-16(12-22)8-17(7-15)13-22/h3-4,14-18,20H,5-13H2,1-2H3. The van der Waals surface area contributed by atoms with Crippen molar-refractivity contribution in [1.82, 2.24) is 0 Å². The minimum Gasteiger partial charge on any atom is -0.299 e. The predicted molar refractivity (Wildman–Crippen MR) is 95.6 cm³/mol. The molecule has 1 saturated heterocycles. The van der Waals surface area contributed by atoms with Gasteiger partial charge in [0.15, 0.2) is 0 Å². The topological polar surface area (TPSA) is 35.5 Å². The molecule has 5 saturated carbocycles. The van der Waals surface area contributed by atoms with Gasteiger partial charge in [0.05, 0.1) is 0 Å². The van der Waals surface area contributed by atoms with E-state index in [4.69, 9.17) is 9.78 Å². The Bertz CT molecular complexity index is 559. The average Bonchev–Trinajstić information content (AvgIpc) is 2.54. The quantitative estimate of drug-likeness (QED) is 0.542. The summed E-state index contributed by atoms with van der Waals surface area (Å²) in [4.78, 5) is 23.7. The predicted octanol–water partition coefficient (Wildman–Crippen LogP) is 4.85. The van der Waals surface area contributed by atoms with E-state index in [1.807, 2.05) is 6.92 Å². The molecule has 4 unspecified atom stereocenters. The zero-order valence-electron chi connectivity index (χ0n) is 15.7. The number of allylic oxidation sites excluding steroid dienone is 1. The summed E-state index contributed by atoms with van der Waals surface area (Å²) in [5, 5.41) is 0. The van der Waals surface area contributed by atoms with E-state index in [0.717, 1.165) is 24.2 Å². The van der Waals surface area contributed by atoms with Gasteiger partial charge in [0.25, 0.3) is 0 Å². The van der Waals surface area contributed by atoms with E-state index in [2.05, 4.69) is 19.1 Å². The van der Waals surface area contributed by atoms with Gasteiger partial charge in [-0.15, -0.1) is 0 Å². The summed E-state index contributed by atoms with van der Waals surface area (Å²) in [5.41, 5.74) is 0.130. The maximum Gasteiger partial charge on any atom is 0.138 e. The minimum atomic E-state index is -0.436. The second-order valence-corrected chi connectivity index (χ2v) is 10.3. The number of rotatable bonds is 3. The SMILES string of the molecule is CC1C(=O)CC2CC1OOC2(C)C=CCC12CC3CC(CC(C3)C1)C2. The Balaban J connectivity index is 1.28. The van der Waals surface area contributed by atoms with E-state index >= 15 is 0 Å². The lowest BCUT2D eigenvalue weighted by atomic mass is 9.49. The summed E-state index contributed by atoms with van der Waals surface area (Å²) in [5.74, 6) is 3.60. The molecule has 3 nitrogen and oxygen atoms in total. The minimum absolute atomic E-state index is 0.0168. The van der Waals surface area contributed by atoms with Gasteiger partial charge in [-0.1, -0.05) is 19.1 Å². The molecule has 0 N–H and O–H groups in total. The molecule has 3 heteroatoms. The molecule has 6 fully saturated rings. The molecular formula is C22H32O3. The Hall–Kier alpha value is -0.670. The zero-order chi connectivity index (χ0) is 17.2. The Labute approximate surface area is 151 Å². The fourth-order valence-corrected chi connectivity index (χ4v) is 7.24. The van der Waals surface area contributed by atoms with Crippen molar-refractivity contribution in [2.45, 2.75) is 83.3 Å². The Kier molecular flexibility index (Phi) is 3.74. The molecule has 0 aromatic heterocycles. The third-order valence-electron chi connectivity index (χ3n) is 8.36. The number of fused-ring (bicyclic) bond motifs is 2. The highest BCUT2D eigenvalue weighted by atomic mass is 17.2. The molecule has 138 valence electrons. The zero-order valence-corrected chi connectivity index (χ0v) is 15.7. The van der Waals surface area contributed by atoms with Gasteiger partial charge in [0.1, 0.15) is 17.5 Å². The van der Waals surface area contributed by atoms with Crippen molar-refractivity contribution in [2.24, 2.45) is 35.0 Å². The first-order valence-electron chi connectivity index (χ1n) is 10.5. The van der Waals surface area contributed by atoms with Gasteiger partial charge < -0.3 is 0 Å². The van der Waals surface area contributed by atoms with Gasteiger partial charge in [-0.3, -0.25) is 4.79 Å². The molecule has 5 aliphatic carbocycles. The van der Waals surface area contributed by atoms with Crippen molar-refractivity contribution in [3.05, 3.63) is 12.2 Å². The van der Waals surface area contributed by atoms with Crippen LogP contribution in [0, 0.1) is 35.0 Å². The van der Waals surface area contributed by atoms with Crippen LogP contribution in [0.25, 0.3) is 0 Å². The molecule has 6 bridgehead atoms. The number of carbonyl (C=O) groups is 1. The van der Waals surface area contributed by atoms with Crippen molar-refractivity contribution < 1.29 is 14.6 Å². The Morgan fingerprint density at radius 1 is 1.08 bits per heavy atom. The van der Waals surface area contributed by atoms with Crippen LogP contribution < -0.4 is 0 Å². The number of Topliss-reactive ketones (excluding diaryl/α,β-unsaturated/α-hetero) is 1. The molecule has 1 aliphatic heterocycles. The summed E-state index contributed by atoms with van der Waals surface area (Å²) in [6.45, 7) is 4.07. The van der Waals surface area contributed by atoms with Crippen LogP contribution in [-0.2, 0) is 14.6 Å². The molecule has 0 radical (unpaired) electrons. The third-order valence-corrected chi connectivity index (χ3v) is 8.36. The normalized spacial score (nSPS) is 54.4. The van der Waals surface area contributed by atoms with Crippen molar-refractivity contribution in [3.63, 3.8) is 0 Å². The first-order valence-corrected chi connectivity index (χ1v) is 10.5. The maximum atomic E-state index is 12.2. The highest BCUT2D eigenvalue weighted by Gasteiger charge is 2.51. The highest BCUT2D eigenvalue weighted by molar-refractivity contribution is 5.82. The summed E-state index contributed by atoms with van der Waals surface area (Å²) >= 11 is 0. The molecule has 0 aromatic rings. The van der Waals surface area contributed by atoms with E-state index < -0.39 is 5.60 Å². The molecule has 0 amide bonds. The van der Waals surface area contributed by atoms with E-state index in [0.29, 0.717) is 17.6 Å². The van der Waals surface area contributed by atoms with E-state index in [1.54, 1.807) is 0 Å². The number of ketones is 1. The molecule has 1 heterocycles. The molecule has 6 rings (SSSR count). The van der Waals surface area contributed by atoms with Gasteiger partial charge in [0.2, 0.25) is 0 Å². The monoisotopic (exact) mass is 344 g/mol. The fourth-order valence-electron chi connectivity index (χ4n) is 7.24. The highest BCUT2D eigenvalue weighted by Crippen LogP contribution is 2.61. The van der Waals surface area contributed by atoms with Gasteiger partial charge in [-0.25, -0.2) is 9.78 Å². The number of hydrogen-bond donors (Lipinski definition) is 0. The lowest BCUT2D eigenvalue weighted by Gasteiger charge is -2.57. The van der Waals surface area contributed by atoms with Crippen molar-refractivity contribution in [2.75, 3.05) is 0 Å². The Morgan fingerprint density at radius 3 is 2.36 bits per heavy atom. The van der Waals surface area contributed by atoms with Crippen LogP contribution in [0.2, 0.25) is 0 Å². The number of carbonyl (C=O) groups excluding carboxylic acids is 1. The van der Waals surface area contributed by atoms with Crippen LogP contribution in [0.1, 0.15) is 71.6 Å². The molecule has 0 spiro atoms. The van der Waals surface area contributed by atoms with Crippen LogP contribution in [0.4, 0.5) is 0 Å². The maximum absolute atomic E-state index is 12.2.